The molecule has 2 heterocycles. The number of ether oxygens (including phenoxy) is 1. The zero-order valence-electron chi connectivity index (χ0n) is 15.9. The smallest absolute Gasteiger partial charge is 0.227 e. The molecule has 0 bridgehead atoms. The number of nitrogens with zero attached hydrogens (tertiary/aromatic N) is 2. The predicted octanol–water partition coefficient (Wildman–Crippen LogP) is 2.35. The molecule has 26 heavy (non-hydrogen) atoms. The van der Waals surface area contributed by atoms with E-state index in [0.29, 0.717) is 25.4 Å². The van der Waals surface area contributed by atoms with E-state index < -0.39 is 0 Å². The molecule has 0 spiro atoms. The van der Waals surface area contributed by atoms with Crippen LogP contribution in [0, 0.1) is 11.8 Å². The molecule has 1 aromatic carbocycles. The van der Waals surface area contributed by atoms with Crippen molar-refractivity contribution in [3.63, 3.8) is 0 Å². The van der Waals surface area contributed by atoms with Crippen molar-refractivity contribution < 1.29 is 14.3 Å². The minimum atomic E-state index is -0.143. The number of likely N-dealkylation sites (N-methyl/N-ethyl adjacent to an activating group) is 1. The monoisotopic (exact) mass is 358 g/mol. The van der Waals surface area contributed by atoms with E-state index in [1.54, 1.807) is 19.1 Å². The van der Waals surface area contributed by atoms with Gasteiger partial charge in [-0.25, -0.2) is 0 Å². The van der Waals surface area contributed by atoms with E-state index in [0.717, 1.165) is 32.4 Å². The average molecular weight is 358 g/mol. The van der Waals surface area contributed by atoms with Crippen LogP contribution in [0.3, 0.4) is 0 Å². The maximum absolute atomic E-state index is 13.1. The normalized spacial score (nSPS) is 24.8. The molecule has 2 saturated heterocycles. The first kappa shape index (κ1) is 18.9. The predicted molar refractivity (Wildman–Crippen MR) is 101 cm³/mol. The summed E-state index contributed by atoms with van der Waals surface area (Å²) in [5, 5.41) is 0. The third-order valence-electron chi connectivity index (χ3n) is 5.97. The lowest BCUT2D eigenvalue weighted by atomic mass is 9.86. The maximum atomic E-state index is 13.1. The first-order chi connectivity index (χ1) is 12.6. The second kappa shape index (κ2) is 8.67. The van der Waals surface area contributed by atoms with E-state index >= 15 is 0 Å². The Morgan fingerprint density at radius 1 is 1.15 bits per heavy atom. The number of hydrogen-bond acceptors (Lipinski definition) is 3. The van der Waals surface area contributed by atoms with Gasteiger partial charge in [0.25, 0.3) is 0 Å². The van der Waals surface area contributed by atoms with Crippen LogP contribution in [0.15, 0.2) is 30.3 Å². The highest BCUT2D eigenvalue weighted by Gasteiger charge is 2.40. The second-order valence-electron chi connectivity index (χ2n) is 7.63. The highest BCUT2D eigenvalue weighted by molar-refractivity contribution is 5.84. The second-order valence-corrected chi connectivity index (χ2v) is 7.63. The van der Waals surface area contributed by atoms with Crippen molar-refractivity contribution in [3.05, 3.63) is 35.9 Å². The van der Waals surface area contributed by atoms with Crippen LogP contribution in [0.25, 0.3) is 0 Å². The quantitative estimate of drug-likeness (QED) is 0.812. The van der Waals surface area contributed by atoms with Crippen LogP contribution in [-0.4, -0.2) is 61.5 Å². The molecule has 142 valence electrons. The van der Waals surface area contributed by atoms with Gasteiger partial charge < -0.3 is 14.5 Å². The third-order valence-corrected chi connectivity index (χ3v) is 5.97. The summed E-state index contributed by atoms with van der Waals surface area (Å²) >= 11 is 0. The zero-order chi connectivity index (χ0) is 18.5. The van der Waals surface area contributed by atoms with Crippen LogP contribution in [-0.2, 0) is 20.7 Å². The van der Waals surface area contributed by atoms with Crippen LogP contribution in [0.4, 0.5) is 0 Å². The lowest BCUT2D eigenvalue weighted by molar-refractivity contribution is -0.149. The van der Waals surface area contributed by atoms with Gasteiger partial charge in [0.05, 0.1) is 18.6 Å². The first-order valence-corrected chi connectivity index (χ1v) is 9.67. The number of methoxy groups -OCH3 is 1. The first-order valence-electron chi connectivity index (χ1n) is 9.67. The van der Waals surface area contributed by atoms with Crippen molar-refractivity contribution in [1.82, 2.24) is 9.80 Å². The molecule has 2 unspecified atom stereocenters. The molecular weight excluding hydrogens is 328 g/mol. The standard InChI is InChI=1S/C21H30N2O3/c1-22-19(15-26-2)18(8-9-20(22)24)21(25)23-12-10-17(11-13-23)14-16-6-4-3-5-7-16/h3-7,17-19H,8-15H2,1-2H3. The number of benzene rings is 1. The molecule has 1 aromatic rings. The Bertz CT molecular complexity index is 611. The fraction of sp³-hybridized carbons (Fsp3) is 0.619. The van der Waals surface area contributed by atoms with Crippen LogP contribution >= 0.6 is 0 Å². The van der Waals surface area contributed by atoms with Gasteiger partial charge in [-0.15, -0.1) is 0 Å². The van der Waals surface area contributed by atoms with Gasteiger partial charge >= 0.3 is 0 Å². The lowest BCUT2D eigenvalue weighted by Crippen LogP contribution is -2.55. The zero-order valence-corrected chi connectivity index (χ0v) is 15.9. The topological polar surface area (TPSA) is 49.9 Å². The Kier molecular flexibility index (Phi) is 6.30. The molecule has 2 amide bonds. The average Bonchev–Trinajstić information content (AvgIpc) is 2.67. The molecule has 2 fully saturated rings. The number of carbonyl (C=O) groups is 2. The lowest BCUT2D eigenvalue weighted by Gasteiger charge is -2.41. The number of amides is 2. The number of rotatable bonds is 5. The molecule has 2 aliphatic rings. The van der Waals surface area contributed by atoms with E-state index in [1.807, 2.05) is 11.0 Å². The number of carbonyl (C=O) groups excluding carboxylic acids is 2. The summed E-state index contributed by atoms with van der Waals surface area (Å²) in [6.45, 7) is 2.07. The molecule has 3 rings (SSSR count). The summed E-state index contributed by atoms with van der Waals surface area (Å²) in [6, 6.07) is 10.4. The summed E-state index contributed by atoms with van der Waals surface area (Å²) in [4.78, 5) is 28.8. The van der Waals surface area contributed by atoms with Gasteiger partial charge in [-0.1, -0.05) is 30.3 Å². The van der Waals surface area contributed by atoms with Crippen LogP contribution < -0.4 is 0 Å². The van der Waals surface area contributed by atoms with Crippen molar-refractivity contribution >= 4 is 11.8 Å². The molecule has 0 radical (unpaired) electrons. The van der Waals surface area contributed by atoms with Crippen LogP contribution in [0.2, 0.25) is 0 Å². The van der Waals surface area contributed by atoms with E-state index in [2.05, 4.69) is 24.3 Å². The van der Waals surface area contributed by atoms with Gasteiger partial charge in [-0.3, -0.25) is 9.59 Å². The third kappa shape index (κ3) is 4.26. The minimum absolute atomic E-state index is 0.109. The van der Waals surface area contributed by atoms with Gasteiger partial charge in [0.2, 0.25) is 11.8 Å². The number of piperidine rings is 2. The molecule has 5 heteroatoms. The van der Waals surface area contributed by atoms with Gasteiger partial charge in [0, 0.05) is 33.7 Å². The van der Waals surface area contributed by atoms with E-state index in [9.17, 15) is 9.59 Å². The van der Waals surface area contributed by atoms with Crippen molar-refractivity contribution in [1.29, 1.82) is 0 Å². The molecule has 0 aliphatic carbocycles. The highest BCUT2D eigenvalue weighted by Crippen LogP contribution is 2.28. The fourth-order valence-corrected chi connectivity index (χ4v) is 4.33. The van der Waals surface area contributed by atoms with Crippen molar-refractivity contribution in [2.45, 2.75) is 38.1 Å². The fourth-order valence-electron chi connectivity index (χ4n) is 4.33. The van der Waals surface area contributed by atoms with Crippen LogP contribution in [0.5, 0.6) is 0 Å². The van der Waals surface area contributed by atoms with E-state index in [4.69, 9.17) is 4.74 Å². The SMILES string of the molecule is COCC1C(C(=O)N2CCC(Cc3ccccc3)CC2)CCC(=O)N1C. The Balaban J connectivity index is 1.56. The minimum Gasteiger partial charge on any atom is -0.383 e. The Morgan fingerprint density at radius 2 is 1.85 bits per heavy atom. The van der Waals surface area contributed by atoms with Gasteiger partial charge in [-0.05, 0) is 37.2 Å². The summed E-state index contributed by atoms with van der Waals surface area (Å²) in [5.74, 6) is 0.817. The van der Waals surface area contributed by atoms with Crippen molar-refractivity contribution in [2.24, 2.45) is 11.8 Å². The Morgan fingerprint density at radius 3 is 2.50 bits per heavy atom. The van der Waals surface area contributed by atoms with E-state index in [-0.39, 0.29) is 23.8 Å². The molecular formula is C21H30N2O3. The Hall–Kier alpha value is -1.88. The van der Waals surface area contributed by atoms with Gasteiger partial charge in [-0.2, -0.15) is 0 Å². The summed E-state index contributed by atoms with van der Waals surface area (Å²) in [5.41, 5.74) is 1.38. The molecule has 0 N–H and O–H groups in total. The van der Waals surface area contributed by atoms with Crippen molar-refractivity contribution in [2.75, 3.05) is 33.9 Å². The Labute approximate surface area is 156 Å². The molecule has 5 nitrogen and oxygen atoms in total. The molecule has 0 aromatic heterocycles. The van der Waals surface area contributed by atoms with E-state index in [1.165, 1.54) is 5.56 Å². The maximum Gasteiger partial charge on any atom is 0.227 e. The summed E-state index contributed by atoms with van der Waals surface area (Å²) in [6.07, 6.45) is 4.29. The highest BCUT2D eigenvalue weighted by atomic mass is 16.5. The molecule has 0 saturated carbocycles. The molecule has 2 aliphatic heterocycles. The number of hydrogen-bond donors (Lipinski definition) is 0. The van der Waals surface area contributed by atoms with Gasteiger partial charge in [0.1, 0.15) is 0 Å². The van der Waals surface area contributed by atoms with Crippen molar-refractivity contribution in [3.8, 4) is 0 Å². The summed E-state index contributed by atoms with van der Waals surface area (Å²) < 4.78 is 5.29. The van der Waals surface area contributed by atoms with Gasteiger partial charge in [0.15, 0.2) is 0 Å². The largest absolute Gasteiger partial charge is 0.383 e. The summed E-state index contributed by atoms with van der Waals surface area (Å²) in [7, 11) is 3.42. The molecule has 2 atom stereocenters. The number of likely N-dealkylation sites (tertiary alicyclic amines) is 2. The van der Waals surface area contributed by atoms with Crippen LogP contribution in [0.1, 0.15) is 31.2 Å².